The van der Waals surface area contributed by atoms with E-state index in [0.717, 1.165) is 36.9 Å². The predicted octanol–water partition coefficient (Wildman–Crippen LogP) is 2.68. The van der Waals surface area contributed by atoms with Crippen LogP contribution in [-0.4, -0.2) is 51.2 Å². The van der Waals surface area contributed by atoms with Crippen LogP contribution >= 0.6 is 0 Å². The van der Waals surface area contributed by atoms with E-state index in [1.165, 1.54) is 12.8 Å². The van der Waals surface area contributed by atoms with Crippen molar-refractivity contribution in [2.75, 3.05) is 19.6 Å². The molecule has 2 aromatic rings. The van der Waals surface area contributed by atoms with Gasteiger partial charge in [0.2, 0.25) is 0 Å². The fourth-order valence-electron chi connectivity index (χ4n) is 3.51. The Morgan fingerprint density at radius 1 is 1.35 bits per heavy atom. The van der Waals surface area contributed by atoms with E-state index in [1.54, 1.807) is 17.1 Å². The molecule has 1 aliphatic heterocycles. The standard InChI is InChI=1S/C20H29N5O/c1-4-18-17(14-23-25(18)19-7-5-6-10-21-19)20(26)22-13-16(3)24-11-8-15(2)9-12-24/h5-7,10,14-16H,4,8-9,11-13H2,1-3H3,(H,22,26). The Hall–Kier alpha value is -2.21. The van der Waals surface area contributed by atoms with Gasteiger partial charge in [-0.05, 0) is 57.3 Å². The predicted molar refractivity (Wildman–Crippen MR) is 103 cm³/mol. The van der Waals surface area contributed by atoms with Gasteiger partial charge >= 0.3 is 0 Å². The second-order valence-corrected chi connectivity index (χ2v) is 7.24. The quantitative estimate of drug-likeness (QED) is 0.865. The second kappa shape index (κ2) is 8.45. The lowest BCUT2D eigenvalue weighted by Gasteiger charge is -2.35. The lowest BCUT2D eigenvalue weighted by molar-refractivity contribution is 0.0921. The van der Waals surface area contributed by atoms with Gasteiger partial charge in [0.15, 0.2) is 5.82 Å². The SMILES string of the molecule is CCc1c(C(=O)NCC(C)N2CCC(C)CC2)cnn1-c1ccccn1. The lowest BCUT2D eigenvalue weighted by atomic mass is 9.98. The molecule has 0 bridgehead atoms. The number of carbonyl (C=O) groups is 1. The first-order chi connectivity index (χ1) is 12.6. The summed E-state index contributed by atoms with van der Waals surface area (Å²) < 4.78 is 1.75. The number of nitrogens with one attached hydrogen (secondary N) is 1. The van der Waals surface area contributed by atoms with Gasteiger partial charge in [0.25, 0.3) is 5.91 Å². The Balaban J connectivity index is 1.64. The molecule has 1 aliphatic rings. The molecular formula is C20H29N5O. The Labute approximate surface area is 155 Å². The van der Waals surface area contributed by atoms with Crippen molar-refractivity contribution >= 4 is 5.91 Å². The summed E-state index contributed by atoms with van der Waals surface area (Å²) in [4.78, 5) is 19.5. The number of carbonyl (C=O) groups excluding carboxylic acids is 1. The fraction of sp³-hybridized carbons (Fsp3) is 0.550. The maximum atomic E-state index is 12.7. The molecule has 1 fully saturated rings. The molecule has 1 atom stereocenters. The third-order valence-corrected chi connectivity index (χ3v) is 5.31. The second-order valence-electron chi connectivity index (χ2n) is 7.24. The topological polar surface area (TPSA) is 63.1 Å². The van der Waals surface area contributed by atoms with Crippen molar-refractivity contribution < 1.29 is 4.79 Å². The molecule has 3 rings (SSSR count). The van der Waals surface area contributed by atoms with E-state index in [2.05, 4.69) is 34.1 Å². The minimum Gasteiger partial charge on any atom is -0.350 e. The third kappa shape index (κ3) is 4.12. The van der Waals surface area contributed by atoms with Crippen LogP contribution in [0.1, 0.15) is 49.7 Å². The molecule has 3 heterocycles. The van der Waals surface area contributed by atoms with Gasteiger partial charge in [-0.3, -0.25) is 9.69 Å². The van der Waals surface area contributed by atoms with Gasteiger partial charge in [-0.2, -0.15) is 5.10 Å². The summed E-state index contributed by atoms with van der Waals surface area (Å²) in [6.07, 6.45) is 6.59. The highest BCUT2D eigenvalue weighted by Gasteiger charge is 2.22. The van der Waals surface area contributed by atoms with E-state index < -0.39 is 0 Å². The highest BCUT2D eigenvalue weighted by molar-refractivity contribution is 5.95. The Bertz CT molecular complexity index is 719. The molecule has 6 nitrogen and oxygen atoms in total. The van der Waals surface area contributed by atoms with Crippen LogP contribution in [0.25, 0.3) is 5.82 Å². The monoisotopic (exact) mass is 355 g/mol. The van der Waals surface area contributed by atoms with Crippen molar-refractivity contribution in [1.29, 1.82) is 0 Å². The summed E-state index contributed by atoms with van der Waals surface area (Å²) in [6, 6.07) is 6.04. The summed E-state index contributed by atoms with van der Waals surface area (Å²) in [5.41, 5.74) is 1.53. The third-order valence-electron chi connectivity index (χ3n) is 5.31. The van der Waals surface area contributed by atoms with Crippen LogP contribution in [0.5, 0.6) is 0 Å². The maximum absolute atomic E-state index is 12.7. The van der Waals surface area contributed by atoms with E-state index in [9.17, 15) is 4.79 Å². The number of piperidine rings is 1. The molecule has 0 aromatic carbocycles. The zero-order chi connectivity index (χ0) is 18.5. The Morgan fingerprint density at radius 2 is 2.12 bits per heavy atom. The normalized spacial score (nSPS) is 17.2. The van der Waals surface area contributed by atoms with Gasteiger partial charge in [-0.25, -0.2) is 9.67 Å². The van der Waals surface area contributed by atoms with Crippen molar-refractivity contribution in [3.8, 4) is 5.82 Å². The summed E-state index contributed by atoms with van der Waals surface area (Å²) in [6.45, 7) is 9.44. The molecule has 0 spiro atoms. The molecule has 0 radical (unpaired) electrons. The first-order valence-electron chi connectivity index (χ1n) is 9.60. The number of amides is 1. The molecule has 1 saturated heterocycles. The summed E-state index contributed by atoms with van der Waals surface area (Å²) in [7, 11) is 0. The van der Waals surface area contributed by atoms with Crippen molar-refractivity contribution in [2.24, 2.45) is 5.92 Å². The van der Waals surface area contributed by atoms with Crippen LogP contribution in [0.2, 0.25) is 0 Å². The smallest absolute Gasteiger partial charge is 0.254 e. The zero-order valence-electron chi connectivity index (χ0n) is 16.0. The number of likely N-dealkylation sites (tertiary alicyclic amines) is 1. The van der Waals surface area contributed by atoms with Crippen molar-refractivity contribution in [2.45, 2.75) is 46.1 Å². The van der Waals surface area contributed by atoms with Crippen LogP contribution < -0.4 is 5.32 Å². The van der Waals surface area contributed by atoms with E-state index in [4.69, 9.17) is 0 Å². The number of nitrogens with zero attached hydrogens (tertiary/aromatic N) is 4. The highest BCUT2D eigenvalue weighted by Crippen LogP contribution is 2.18. The Kier molecular flexibility index (Phi) is 6.04. The molecule has 0 saturated carbocycles. The zero-order valence-corrected chi connectivity index (χ0v) is 16.0. The first-order valence-corrected chi connectivity index (χ1v) is 9.60. The average molecular weight is 355 g/mol. The summed E-state index contributed by atoms with van der Waals surface area (Å²) >= 11 is 0. The van der Waals surface area contributed by atoms with Gasteiger partial charge < -0.3 is 5.32 Å². The molecular weight excluding hydrogens is 326 g/mol. The molecule has 1 N–H and O–H groups in total. The lowest BCUT2D eigenvalue weighted by Crippen LogP contribution is -2.45. The first kappa shape index (κ1) is 18.6. The van der Waals surface area contributed by atoms with Crippen LogP contribution in [-0.2, 0) is 6.42 Å². The van der Waals surface area contributed by atoms with Crippen molar-refractivity contribution in [3.63, 3.8) is 0 Å². The van der Waals surface area contributed by atoms with Gasteiger partial charge in [0.05, 0.1) is 17.5 Å². The Morgan fingerprint density at radius 3 is 2.77 bits per heavy atom. The minimum absolute atomic E-state index is 0.0544. The van der Waals surface area contributed by atoms with E-state index >= 15 is 0 Å². The number of aromatic nitrogens is 3. The highest BCUT2D eigenvalue weighted by atomic mass is 16.1. The van der Waals surface area contributed by atoms with Crippen LogP contribution in [0, 0.1) is 5.92 Å². The minimum atomic E-state index is -0.0544. The molecule has 26 heavy (non-hydrogen) atoms. The van der Waals surface area contributed by atoms with E-state index in [0.29, 0.717) is 18.2 Å². The van der Waals surface area contributed by atoms with Crippen LogP contribution in [0.15, 0.2) is 30.6 Å². The van der Waals surface area contributed by atoms with E-state index in [-0.39, 0.29) is 5.91 Å². The van der Waals surface area contributed by atoms with Crippen molar-refractivity contribution in [1.82, 2.24) is 25.0 Å². The maximum Gasteiger partial charge on any atom is 0.254 e. The molecule has 2 aromatic heterocycles. The van der Waals surface area contributed by atoms with Gasteiger partial charge in [-0.1, -0.05) is 19.9 Å². The number of pyridine rings is 1. The average Bonchev–Trinajstić information content (AvgIpc) is 3.11. The number of hydrogen-bond acceptors (Lipinski definition) is 4. The molecule has 0 aliphatic carbocycles. The number of hydrogen-bond donors (Lipinski definition) is 1. The van der Waals surface area contributed by atoms with E-state index in [1.807, 2.05) is 25.1 Å². The molecule has 1 unspecified atom stereocenters. The molecule has 6 heteroatoms. The summed E-state index contributed by atoms with van der Waals surface area (Å²) in [5.74, 6) is 1.50. The summed E-state index contributed by atoms with van der Waals surface area (Å²) in [5, 5.41) is 7.48. The molecule has 140 valence electrons. The fourth-order valence-corrected chi connectivity index (χ4v) is 3.51. The van der Waals surface area contributed by atoms with Gasteiger partial charge in [0, 0.05) is 18.8 Å². The molecule has 1 amide bonds. The number of rotatable bonds is 6. The largest absolute Gasteiger partial charge is 0.350 e. The van der Waals surface area contributed by atoms with Gasteiger partial charge in [0.1, 0.15) is 0 Å². The van der Waals surface area contributed by atoms with Crippen LogP contribution in [0.4, 0.5) is 0 Å². The van der Waals surface area contributed by atoms with Crippen LogP contribution in [0.3, 0.4) is 0 Å². The van der Waals surface area contributed by atoms with Gasteiger partial charge in [-0.15, -0.1) is 0 Å². The van der Waals surface area contributed by atoms with Crippen molar-refractivity contribution in [3.05, 3.63) is 41.9 Å².